The maximum Gasteiger partial charge on any atom is 0.283 e. The fraction of sp³-hybridized carbons (Fsp3) is 0.455. The molecule has 1 unspecified atom stereocenters. The van der Waals surface area contributed by atoms with E-state index in [2.05, 4.69) is 15.9 Å². The third kappa shape index (κ3) is 3.02. The summed E-state index contributed by atoms with van der Waals surface area (Å²) < 4.78 is 0.538. The van der Waals surface area contributed by atoms with Crippen LogP contribution in [0.15, 0.2) is 22.7 Å². The van der Waals surface area contributed by atoms with Gasteiger partial charge < -0.3 is 5.73 Å². The van der Waals surface area contributed by atoms with Gasteiger partial charge in [0.15, 0.2) is 0 Å². The minimum Gasteiger partial charge on any atom is -0.327 e. The van der Waals surface area contributed by atoms with E-state index in [0.717, 1.165) is 5.56 Å². The van der Waals surface area contributed by atoms with E-state index in [0.29, 0.717) is 16.8 Å². The van der Waals surface area contributed by atoms with Crippen LogP contribution in [0.4, 0.5) is 5.69 Å². The molecule has 0 radical (unpaired) electrons. The summed E-state index contributed by atoms with van der Waals surface area (Å²) in [5.74, 6) is 0.353. The standard InChI is InChI=1S/C11H15BrN2O2/c1-7(2)9(13)6-8-4-3-5-10(11(8)12)14(15)16/h3-5,7,9H,6,13H2,1-2H3. The topological polar surface area (TPSA) is 69.2 Å². The first-order valence-electron chi connectivity index (χ1n) is 5.10. The van der Waals surface area contributed by atoms with E-state index in [1.165, 1.54) is 6.07 Å². The van der Waals surface area contributed by atoms with Gasteiger partial charge in [-0.05, 0) is 33.8 Å². The zero-order chi connectivity index (χ0) is 12.3. The third-order valence-electron chi connectivity index (χ3n) is 2.57. The fourth-order valence-electron chi connectivity index (χ4n) is 1.35. The van der Waals surface area contributed by atoms with Crippen molar-refractivity contribution in [3.63, 3.8) is 0 Å². The Kier molecular flexibility index (Phi) is 4.44. The minimum atomic E-state index is -0.394. The molecule has 88 valence electrons. The summed E-state index contributed by atoms with van der Waals surface area (Å²) in [6, 6.07) is 5.04. The molecule has 5 heteroatoms. The van der Waals surface area contributed by atoms with Gasteiger partial charge in [0.25, 0.3) is 5.69 Å². The molecule has 1 atom stereocenters. The molecule has 0 aliphatic carbocycles. The lowest BCUT2D eigenvalue weighted by atomic mass is 9.97. The number of nitro benzene ring substituents is 1. The van der Waals surface area contributed by atoms with Crippen LogP contribution in [0.1, 0.15) is 19.4 Å². The molecular formula is C11H15BrN2O2. The van der Waals surface area contributed by atoms with Crippen molar-refractivity contribution in [3.8, 4) is 0 Å². The van der Waals surface area contributed by atoms with Crippen LogP contribution in [0.25, 0.3) is 0 Å². The molecule has 0 aromatic heterocycles. The Labute approximate surface area is 103 Å². The Hall–Kier alpha value is -0.940. The van der Waals surface area contributed by atoms with Crippen LogP contribution in [-0.2, 0) is 6.42 Å². The number of benzene rings is 1. The first-order chi connectivity index (χ1) is 7.43. The summed E-state index contributed by atoms with van der Waals surface area (Å²) in [5.41, 5.74) is 6.93. The molecule has 0 heterocycles. The Morgan fingerprint density at radius 3 is 2.62 bits per heavy atom. The molecule has 1 rings (SSSR count). The maximum atomic E-state index is 10.7. The fourth-order valence-corrected chi connectivity index (χ4v) is 1.93. The lowest BCUT2D eigenvalue weighted by Gasteiger charge is -2.16. The van der Waals surface area contributed by atoms with E-state index in [4.69, 9.17) is 5.73 Å². The molecule has 2 N–H and O–H groups in total. The number of hydrogen-bond acceptors (Lipinski definition) is 3. The zero-order valence-corrected chi connectivity index (χ0v) is 10.9. The smallest absolute Gasteiger partial charge is 0.283 e. The van der Waals surface area contributed by atoms with Crippen molar-refractivity contribution in [3.05, 3.63) is 38.3 Å². The van der Waals surface area contributed by atoms with Crippen molar-refractivity contribution in [1.82, 2.24) is 0 Å². The number of rotatable bonds is 4. The number of nitrogens with two attached hydrogens (primary N) is 1. The molecule has 1 aromatic rings. The molecule has 1 aromatic carbocycles. The van der Waals surface area contributed by atoms with E-state index in [9.17, 15) is 10.1 Å². The number of nitro groups is 1. The molecule has 0 spiro atoms. The second-order valence-electron chi connectivity index (χ2n) is 4.12. The van der Waals surface area contributed by atoms with Gasteiger partial charge in [0, 0.05) is 12.1 Å². The Morgan fingerprint density at radius 1 is 1.50 bits per heavy atom. The van der Waals surface area contributed by atoms with Crippen molar-refractivity contribution in [2.75, 3.05) is 0 Å². The summed E-state index contributed by atoms with van der Waals surface area (Å²) in [7, 11) is 0. The van der Waals surface area contributed by atoms with E-state index < -0.39 is 4.92 Å². The summed E-state index contributed by atoms with van der Waals surface area (Å²) in [6.45, 7) is 4.08. The van der Waals surface area contributed by atoms with Crippen LogP contribution in [0.5, 0.6) is 0 Å². The number of hydrogen-bond donors (Lipinski definition) is 1. The second-order valence-corrected chi connectivity index (χ2v) is 4.91. The molecule has 0 aliphatic heterocycles. The largest absolute Gasteiger partial charge is 0.327 e. The average molecular weight is 287 g/mol. The SMILES string of the molecule is CC(C)C(N)Cc1cccc([N+](=O)[O-])c1Br. The molecule has 16 heavy (non-hydrogen) atoms. The highest BCUT2D eigenvalue weighted by atomic mass is 79.9. The van der Waals surface area contributed by atoms with Crippen molar-refractivity contribution in [2.24, 2.45) is 11.7 Å². The third-order valence-corrected chi connectivity index (χ3v) is 3.48. The highest BCUT2D eigenvalue weighted by molar-refractivity contribution is 9.10. The predicted molar refractivity (Wildman–Crippen MR) is 67.3 cm³/mol. The van der Waals surface area contributed by atoms with Crippen LogP contribution in [-0.4, -0.2) is 11.0 Å². The minimum absolute atomic E-state index is 0.0123. The van der Waals surface area contributed by atoms with Crippen LogP contribution in [0.2, 0.25) is 0 Å². The van der Waals surface area contributed by atoms with Crippen molar-refractivity contribution in [1.29, 1.82) is 0 Å². The lowest BCUT2D eigenvalue weighted by molar-refractivity contribution is -0.385. The maximum absolute atomic E-state index is 10.7. The molecular weight excluding hydrogens is 272 g/mol. The van der Waals surface area contributed by atoms with Crippen LogP contribution in [0.3, 0.4) is 0 Å². The van der Waals surface area contributed by atoms with Crippen molar-refractivity contribution < 1.29 is 4.92 Å². The molecule has 0 saturated carbocycles. The molecule has 4 nitrogen and oxygen atoms in total. The lowest BCUT2D eigenvalue weighted by Crippen LogP contribution is -2.28. The predicted octanol–water partition coefficient (Wildman–Crippen LogP) is 2.88. The van der Waals surface area contributed by atoms with Crippen molar-refractivity contribution >= 4 is 21.6 Å². The molecule has 0 bridgehead atoms. The monoisotopic (exact) mass is 286 g/mol. The average Bonchev–Trinajstić information content (AvgIpc) is 2.20. The van der Waals surface area contributed by atoms with E-state index in [1.54, 1.807) is 6.07 Å². The molecule has 0 saturated heterocycles. The second kappa shape index (κ2) is 5.41. The normalized spacial score (nSPS) is 12.8. The Balaban J connectivity index is 2.98. The number of nitrogens with zero attached hydrogens (tertiary/aromatic N) is 1. The van der Waals surface area contributed by atoms with Crippen LogP contribution < -0.4 is 5.73 Å². The van der Waals surface area contributed by atoms with Gasteiger partial charge in [0.2, 0.25) is 0 Å². The van der Waals surface area contributed by atoms with Gasteiger partial charge in [-0.1, -0.05) is 26.0 Å². The van der Waals surface area contributed by atoms with Gasteiger partial charge in [0.1, 0.15) is 0 Å². The van der Waals surface area contributed by atoms with Gasteiger partial charge in [-0.3, -0.25) is 10.1 Å². The quantitative estimate of drug-likeness (QED) is 0.683. The Bertz CT molecular complexity index is 394. The van der Waals surface area contributed by atoms with E-state index in [1.807, 2.05) is 19.9 Å². The summed E-state index contributed by atoms with van der Waals surface area (Å²) >= 11 is 3.26. The van der Waals surface area contributed by atoms with Gasteiger partial charge in [-0.25, -0.2) is 0 Å². The van der Waals surface area contributed by atoms with Gasteiger partial charge in [-0.15, -0.1) is 0 Å². The Morgan fingerprint density at radius 2 is 2.12 bits per heavy atom. The van der Waals surface area contributed by atoms with E-state index in [-0.39, 0.29) is 11.7 Å². The summed E-state index contributed by atoms with van der Waals surface area (Å²) in [5, 5.41) is 10.7. The van der Waals surface area contributed by atoms with Gasteiger partial charge in [-0.2, -0.15) is 0 Å². The van der Waals surface area contributed by atoms with Gasteiger partial charge in [0.05, 0.1) is 9.40 Å². The zero-order valence-electron chi connectivity index (χ0n) is 9.31. The highest BCUT2D eigenvalue weighted by Crippen LogP contribution is 2.29. The van der Waals surface area contributed by atoms with Crippen LogP contribution >= 0.6 is 15.9 Å². The summed E-state index contributed by atoms with van der Waals surface area (Å²) in [4.78, 5) is 10.3. The molecule has 0 aliphatic rings. The first kappa shape index (κ1) is 13.1. The molecule has 0 amide bonds. The van der Waals surface area contributed by atoms with E-state index >= 15 is 0 Å². The number of halogens is 1. The summed E-state index contributed by atoms with van der Waals surface area (Å²) in [6.07, 6.45) is 0.639. The molecule has 0 fully saturated rings. The van der Waals surface area contributed by atoms with Crippen molar-refractivity contribution in [2.45, 2.75) is 26.3 Å². The highest BCUT2D eigenvalue weighted by Gasteiger charge is 2.17. The van der Waals surface area contributed by atoms with Crippen LogP contribution in [0, 0.1) is 16.0 Å². The first-order valence-corrected chi connectivity index (χ1v) is 5.90. The van der Waals surface area contributed by atoms with Gasteiger partial charge >= 0.3 is 0 Å².